The van der Waals surface area contributed by atoms with Gasteiger partial charge in [-0.05, 0) is 24.1 Å². The molecule has 0 fully saturated rings. The summed E-state index contributed by atoms with van der Waals surface area (Å²) in [5.41, 5.74) is 2.32. The zero-order valence-corrected chi connectivity index (χ0v) is 14.8. The van der Waals surface area contributed by atoms with Crippen molar-refractivity contribution in [1.82, 2.24) is 9.55 Å². The van der Waals surface area contributed by atoms with Crippen molar-refractivity contribution in [1.29, 1.82) is 0 Å². The average molecular weight is 366 g/mol. The van der Waals surface area contributed by atoms with Crippen LogP contribution in [0.3, 0.4) is 0 Å². The summed E-state index contributed by atoms with van der Waals surface area (Å²) >= 11 is 0. The summed E-state index contributed by atoms with van der Waals surface area (Å²) in [6.07, 6.45) is 1.01. The van der Waals surface area contributed by atoms with Crippen molar-refractivity contribution in [3.63, 3.8) is 0 Å². The number of hydrogen-bond acceptors (Lipinski definition) is 5. The minimum Gasteiger partial charge on any atom is -0.493 e. The third kappa shape index (κ3) is 3.01. The molecule has 0 aliphatic carbocycles. The predicted octanol–water partition coefficient (Wildman–Crippen LogP) is 2.54. The van der Waals surface area contributed by atoms with Crippen molar-refractivity contribution in [3.05, 3.63) is 58.1 Å². The number of benzene rings is 2. The topological polar surface area (TPSA) is 90.7 Å². The normalized spacial score (nSPS) is 11.9. The number of carboxylic acids is 1. The van der Waals surface area contributed by atoms with Crippen LogP contribution < -0.4 is 15.0 Å². The van der Waals surface area contributed by atoms with E-state index in [-0.39, 0.29) is 18.6 Å². The van der Waals surface area contributed by atoms with E-state index in [2.05, 4.69) is 4.98 Å². The van der Waals surface area contributed by atoms with Gasteiger partial charge in [-0.25, -0.2) is 4.98 Å². The molecule has 0 radical (unpaired) electrons. The van der Waals surface area contributed by atoms with Gasteiger partial charge >= 0.3 is 5.97 Å². The first-order chi connectivity index (χ1) is 13.1. The SMILES string of the molecule is COc1cc2c(=O)n3c(nc2cc1OCCCC(=O)O)Cc1ccccc1-3. The van der Waals surface area contributed by atoms with E-state index < -0.39 is 5.97 Å². The maximum atomic E-state index is 13.1. The fourth-order valence-corrected chi connectivity index (χ4v) is 3.33. The molecular formula is C20H18N2O5. The summed E-state index contributed by atoms with van der Waals surface area (Å²) in [6.45, 7) is 0.240. The van der Waals surface area contributed by atoms with Crippen LogP contribution in [-0.2, 0) is 11.2 Å². The molecule has 0 saturated heterocycles. The van der Waals surface area contributed by atoms with Gasteiger partial charge in [-0.1, -0.05) is 18.2 Å². The Morgan fingerprint density at radius 2 is 2.07 bits per heavy atom. The molecule has 27 heavy (non-hydrogen) atoms. The number of carboxylic acid groups (broad SMARTS) is 1. The van der Waals surface area contributed by atoms with E-state index in [1.54, 1.807) is 16.7 Å². The number of aromatic nitrogens is 2. The molecule has 7 nitrogen and oxygen atoms in total. The lowest BCUT2D eigenvalue weighted by Crippen LogP contribution is -2.20. The van der Waals surface area contributed by atoms with Gasteiger partial charge in [-0.15, -0.1) is 0 Å². The van der Waals surface area contributed by atoms with Gasteiger partial charge in [0.25, 0.3) is 5.56 Å². The van der Waals surface area contributed by atoms with Gasteiger partial charge in [0.2, 0.25) is 0 Å². The molecule has 1 N–H and O–H groups in total. The molecule has 0 unspecified atom stereocenters. The molecule has 1 aromatic heterocycles. The number of hydrogen-bond donors (Lipinski definition) is 1. The number of para-hydroxylation sites is 1. The van der Waals surface area contributed by atoms with Gasteiger partial charge in [0, 0.05) is 18.9 Å². The molecule has 138 valence electrons. The Labute approximate surface area is 154 Å². The summed E-state index contributed by atoms with van der Waals surface area (Å²) in [5.74, 6) is 0.691. The van der Waals surface area contributed by atoms with E-state index in [9.17, 15) is 9.59 Å². The number of methoxy groups -OCH3 is 1. The third-order valence-electron chi connectivity index (χ3n) is 4.60. The summed E-state index contributed by atoms with van der Waals surface area (Å²) in [5, 5.41) is 9.17. The summed E-state index contributed by atoms with van der Waals surface area (Å²) in [7, 11) is 1.50. The summed E-state index contributed by atoms with van der Waals surface area (Å²) in [4.78, 5) is 28.3. The minimum absolute atomic E-state index is 0.0290. The van der Waals surface area contributed by atoms with Crippen LogP contribution in [-0.4, -0.2) is 34.3 Å². The zero-order chi connectivity index (χ0) is 19.0. The fourth-order valence-electron chi connectivity index (χ4n) is 3.33. The van der Waals surface area contributed by atoms with Gasteiger partial charge in [0.1, 0.15) is 5.82 Å². The van der Waals surface area contributed by atoms with Gasteiger partial charge < -0.3 is 14.6 Å². The lowest BCUT2D eigenvalue weighted by Gasteiger charge is -2.13. The number of nitrogens with zero attached hydrogens (tertiary/aromatic N) is 2. The predicted molar refractivity (Wildman–Crippen MR) is 99.1 cm³/mol. The Bertz CT molecular complexity index is 1100. The van der Waals surface area contributed by atoms with Crippen molar-refractivity contribution in [3.8, 4) is 17.2 Å². The highest BCUT2D eigenvalue weighted by atomic mass is 16.5. The monoisotopic (exact) mass is 366 g/mol. The Kier molecular flexibility index (Phi) is 4.27. The lowest BCUT2D eigenvalue weighted by atomic mass is 10.1. The number of ether oxygens (including phenoxy) is 2. The Morgan fingerprint density at radius 1 is 1.26 bits per heavy atom. The molecule has 1 aliphatic rings. The standard InChI is InChI=1S/C20H18N2O5/c1-26-16-10-13-14(11-17(16)27-8-4-7-19(23)24)21-18-9-12-5-2-3-6-15(12)22(18)20(13)25/h2-3,5-6,10-11H,4,7-9H2,1H3,(H,23,24). The van der Waals surface area contributed by atoms with Crippen LogP contribution in [0.5, 0.6) is 11.5 Å². The van der Waals surface area contributed by atoms with Crippen LogP contribution in [0.15, 0.2) is 41.2 Å². The second-order valence-corrected chi connectivity index (χ2v) is 6.34. The first kappa shape index (κ1) is 17.1. The van der Waals surface area contributed by atoms with Crippen molar-refractivity contribution >= 4 is 16.9 Å². The van der Waals surface area contributed by atoms with Crippen LogP contribution >= 0.6 is 0 Å². The van der Waals surface area contributed by atoms with E-state index in [1.165, 1.54) is 7.11 Å². The second-order valence-electron chi connectivity index (χ2n) is 6.34. The maximum absolute atomic E-state index is 13.1. The van der Waals surface area contributed by atoms with Gasteiger partial charge in [-0.2, -0.15) is 0 Å². The molecule has 4 rings (SSSR count). The van der Waals surface area contributed by atoms with Gasteiger partial charge in [0.05, 0.1) is 30.3 Å². The Hall–Kier alpha value is -3.35. The van der Waals surface area contributed by atoms with E-state index in [1.807, 2.05) is 24.3 Å². The molecule has 0 spiro atoms. The zero-order valence-electron chi connectivity index (χ0n) is 14.8. The van der Waals surface area contributed by atoms with Gasteiger partial charge in [0.15, 0.2) is 11.5 Å². The lowest BCUT2D eigenvalue weighted by molar-refractivity contribution is -0.137. The minimum atomic E-state index is -0.867. The van der Waals surface area contributed by atoms with E-state index in [0.717, 1.165) is 11.3 Å². The third-order valence-corrected chi connectivity index (χ3v) is 4.60. The maximum Gasteiger partial charge on any atom is 0.303 e. The highest BCUT2D eigenvalue weighted by molar-refractivity contribution is 5.82. The molecule has 0 atom stereocenters. The number of carbonyl (C=O) groups is 1. The van der Waals surface area contributed by atoms with Gasteiger partial charge in [-0.3, -0.25) is 14.2 Å². The molecule has 0 saturated carbocycles. The van der Waals surface area contributed by atoms with Crippen molar-refractivity contribution in [2.45, 2.75) is 19.3 Å². The number of rotatable bonds is 6. The number of aliphatic carboxylic acids is 1. The highest BCUT2D eigenvalue weighted by Crippen LogP contribution is 2.32. The Morgan fingerprint density at radius 3 is 2.85 bits per heavy atom. The second kappa shape index (κ2) is 6.75. The van der Waals surface area contributed by atoms with Crippen molar-refractivity contribution in [2.24, 2.45) is 0 Å². The molecule has 7 heteroatoms. The number of fused-ring (bicyclic) bond motifs is 4. The van der Waals surface area contributed by atoms with E-state index in [4.69, 9.17) is 14.6 Å². The first-order valence-electron chi connectivity index (χ1n) is 8.65. The van der Waals surface area contributed by atoms with Crippen LogP contribution in [0.4, 0.5) is 0 Å². The van der Waals surface area contributed by atoms with E-state index >= 15 is 0 Å². The van der Waals surface area contributed by atoms with Crippen LogP contribution in [0.1, 0.15) is 24.2 Å². The van der Waals surface area contributed by atoms with Crippen LogP contribution in [0.2, 0.25) is 0 Å². The molecule has 1 aliphatic heterocycles. The molecule has 3 aromatic rings. The highest BCUT2D eigenvalue weighted by Gasteiger charge is 2.23. The molecular weight excluding hydrogens is 348 g/mol. The molecule has 0 bridgehead atoms. The summed E-state index contributed by atoms with van der Waals surface area (Å²) < 4.78 is 12.7. The largest absolute Gasteiger partial charge is 0.493 e. The quantitative estimate of drug-likeness (QED) is 0.528. The summed E-state index contributed by atoms with van der Waals surface area (Å²) in [6, 6.07) is 11.1. The molecule has 2 aromatic carbocycles. The van der Waals surface area contributed by atoms with Crippen molar-refractivity contribution < 1.29 is 19.4 Å². The van der Waals surface area contributed by atoms with Crippen molar-refractivity contribution in [2.75, 3.05) is 13.7 Å². The first-order valence-corrected chi connectivity index (χ1v) is 8.65. The molecule has 2 heterocycles. The molecule has 0 amide bonds. The fraction of sp³-hybridized carbons (Fsp3) is 0.250. The van der Waals surface area contributed by atoms with E-state index in [0.29, 0.717) is 41.1 Å². The van der Waals surface area contributed by atoms with Crippen LogP contribution in [0, 0.1) is 0 Å². The van der Waals surface area contributed by atoms with Crippen LogP contribution in [0.25, 0.3) is 16.6 Å². The Balaban J connectivity index is 1.75. The average Bonchev–Trinajstić information content (AvgIpc) is 3.03. The smallest absolute Gasteiger partial charge is 0.303 e.